The fourth-order valence-electron chi connectivity index (χ4n) is 3.23. The normalized spacial score (nSPS) is 17.2. The number of ether oxygens (including phenoxy) is 1. The van der Waals surface area contributed by atoms with E-state index in [-0.39, 0.29) is 11.9 Å². The van der Waals surface area contributed by atoms with Crippen LogP contribution >= 0.6 is 11.3 Å². The monoisotopic (exact) mass is 358 g/mol. The van der Waals surface area contributed by atoms with Gasteiger partial charge in [0, 0.05) is 19.5 Å². The maximum atomic E-state index is 10.8. The lowest BCUT2D eigenvalue weighted by atomic mass is 10.0. The highest BCUT2D eigenvalue weighted by atomic mass is 32.1. The number of aromatic hydroxyl groups is 1. The number of hydrogen-bond donors (Lipinski definition) is 1. The van der Waals surface area contributed by atoms with Crippen molar-refractivity contribution in [1.29, 1.82) is 0 Å². The van der Waals surface area contributed by atoms with Gasteiger partial charge in [-0.05, 0) is 12.5 Å². The number of aromatic nitrogens is 3. The molecule has 0 bridgehead atoms. The molecule has 25 heavy (non-hydrogen) atoms. The molecule has 3 aromatic rings. The van der Waals surface area contributed by atoms with Crippen molar-refractivity contribution in [2.24, 2.45) is 0 Å². The molecule has 2 aromatic heterocycles. The Morgan fingerprint density at radius 2 is 1.96 bits per heavy atom. The molecule has 1 atom stereocenters. The van der Waals surface area contributed by atoms with E-state index in [0.29, 0.717) is 13.2 Å². The van der Waals surface area contributed by atoms with Gasteiger partial charge < -0.3 is 9.84 Å². The Morgan fingerprint density at radius 1 is 1.24 bits per heavy atom. The van der Waals surface area contributed by atoms with Gasteiger partial charge in [0.1, 0.15) is 0 Å². The van der Waals surface area contributed by atoms with Gasteiger partial charge in [-0.2, -0.15) is 4.52 Å². The molecule has 7 heteroatoms. The molecule has 0 spiro atoms. The van der Waals surface area contributed by atoms with Crippen LogP contribution in [0, 0.1) is 6.92 Å². The first-order valence-electron chi connectivity index (χ1n) is 8.63. The summed E-state index contributed by atoms with van der Waals surface area (Å²) in [6, 6.07) is 8.51. The van der Waals surface area contributed by atoms with Gasteiger partial charge in [0.15, 0.2) is 5.82 Å². The van der Waals surface area contributed by atoms with E-state index in [1.807, 2.05) is 6.92 Å². The summed E-state index contributed by atoms with van der Waals surface area (Å²) in [6.07, 6.45) is 0.758. The van der Waals surface area contributed by atoms with E-state index in [0.717, 1.165) is 35.2 Å². The molecule has 6 nitrogen and oxygen atoms in total. The number of nitrogens with zero attached hydrogens (tertiary/aromatic N) is 4. The minimum atomic E-state index is -0.0110. The summed E-state index contributed by atoms with van der Waals surface area (Å²) in [6.45, 7) is 7.20. The first-order chi connectivity index (χ1) is 12.2. The van der Waals surface area contributed by atoms with Crippen LogP contribution in [0.2, 0.25) is 0 Å². The molecule has 132 valence electrons. The summed E-state index contributed by atoms with van der Waals surface area (Å²) < 4.78 is 7.08. The van der Waals surface area contributed by atoms with Crippen LogP contribution in [-0.4, -0.2) is 50.9 Å². The third-order valence-corrected chi connectivity index (χ3v) is 5.68. The Labute approximate surface area is 150 Å². The van der Waals surface area contributed by atoms with E-state index in [4.69, 9.17) is 4.74 Å². The number of aryl methyl sites for hydroxylation is 2. The molecule has 0 radical (unpaired) electrons. The van der Waals surface area contributed by atoms with E-state index in [2.05, 4.69) is 46.2 Å². The Balaban J connectivity index is 1.80. The van der Waals surface area contributed by atoms with Crippen molar-refractivity contribution in [3.05, 3.63) is 46.1 Å². The molecule has 1 aromatic carbocycles. The Bertz CT molecular complexity index is 865. The summed E-state index contributed by atoms with van der Waals surface area (Å²) in [4.78, 5) is 8.51. The zero-order valence-electron chi connectivity index (χ0n) is 14.5. The molecular formula is C18H22N4O2S. The number of rotatable bonds is 4. The molecule has 0 aliphatic carbocycles. The molecule has 0 amide bonds. The predicted octanol–water partition coefficient (Wildman–Crippen LogP) is 2.79. The van der Waals surface area contributed by atoms with Crippen molar-refractivity contribution in [2.75, 3.05) is 26.3 Å². The van der Waals surface area contributed by atoms with Crippen LogP contribution in [-0.2, 0) is 11.2 Å². The number of benzene rings is 1. The number of morpholine rings is 1. The first-order valence-corrected chi connectivity index (χ1v) is 9.44. The van der Waals surface area contributed by atoms with Crippen molar-refractivity contribution in [1.82, 2.24) is 19.5 Å². The minimum Gasteiger partial charge on any atom is -0.492 e. The number of thiazole rings is 1. The fraction of sp³-hybridized carbons (Fsp3) is 0.444. The molecule has 1 N–H and O–H groups in total. The SMILES string of the molecule is CCc1nc2sc([C@H](c3ccc(C)cc3)N3CCOCC3)c(O)n2n1. The summed E-state index contributed by atoms with van der Waals surface area (Å²) in [7, 11) is 0. The lowest BCUT2D eigenvalue weighted by molar-refractivity contribution is 0.0241. The molecule has 0 saturated carbocycles. The second-order valence-electron chi connectivity index (χ2n) is 6.33. The van der Waals surface area contributed by atoms with Gasteiger partial charge in [0.25, 0.3) is 0 Å². The average Bonchev–Trinajstić information content (AvgIpc) is 3.18. The standard InChI is InChI=1S/C18H22N4O2S/c1-3-14-19-18-22(20-14)17(23)16(25-18)15(21-8-10-24-11-9-21)13-6-4-12(2)5-7-13/h4-7,15,23H,3,8-11H2,1-2H3/t15-/m0/s1. The van der Waals surface area contributed by atoms with Crippen molar-refractivity contribution >= 4 is 16.3 Å². The highest BCUT2D eigenvalue weighted by Crippen LogP contribution is 2.40. The molecule has 1 saturated heterocycles. The quantitative estimate of drug-likeness (QED) is 0.777. The summed E-state index contributed by atoms with van der Waals surface area (Å²) in [5.74, 6) is 0.954. The predicted molar refractivity (Wildman–Crippen MR) is 97.3 cm³/mol. The average molecular weight is 358 g/mol. The molecule has 3 heterocycles. The fourth-order valence-corrected chi connectivity index (χ4v) is 4.37. The third kappa shape index (κ3) is 3.03. The van der Waals surface area contributed by atoms with Gasteiger partial charge in [0.05, 0.1) is 24.1 Å². The zero-order chi connectivity index (χ0) is 17.4. The second kappa shape index (κ2) is 6.74. The van der Waals surface area contributed by atoms with E-state index in [1.165, 1.54) is 22.5 Å². The van der Waals surface area contributed by atoms with Crippen LogP contribution in [0.1, 0.15) is 34.8 Å². The summed E-state index contributed by atoms with van der Waals surface area (Å²) in [5.41, 5.74) is 2.40. The summed E-state index contributed by atoms with van der Waals surface area (Å²) in [5, 5.41) is 15.2. The molecular weight excluding hydrogens is 336 g/mol. The Morgan fingerprint density at radius 3 is 2.60 bits per heavy atom. The maximum absolute atomic E-state index is 10.8. The summed E-state index contributed by atoms with van der Waals surface area (Å²) >= 11 is 1.52. The van der Waals surface area contributed by atoms with Crippen molar-refractivity contribution < 1.29 is 9.84 Å². The van der Waals surface area contributed by atoms with Gasteiger partial charge in [-0.1, -0.05) is 48.1 Å². The van der Waals surface area contributed by atoms with E-state index < -0.39 is 0 Å². The first kappa shape index (κ1) is 16.5. The zero-order valence-corrected chi connectivity index (χ0v) is 15.3. The Hall–Kier alpha value is -1.96. The molecule has 0 unspecified atom stereocenters. The van der Waals surface area contributed by atoms with Gasteiger partial charge >= 0.3 is 0 Å². The van der Waals surface area contributed by atoms with Crippen LogP contribution in [0.25, 0.3) is 4.96 Å². The largest absolute Gasteiger partial charge is 0.492 e. The van der Waals surface area contributed by atoms with Crippen molar-refractivity contribution in [2.45, 2.75) is 26.3 Å². The van der Waals surface area contributed by atoms with Crippen LogP contribution < -0.4 is 0 Å². The van der Waals surface area contributed by atoms with Crippen LogP contribution in [0.5, 0.6) is 5.88 Å². The highest BCUT2D eigenvalue weighted by Gasteiger charge is 2.30. The second-order valence-corrected chi connectivity index (χ2v) is 7.34. The van der Waals surface area contributed by atoms with Crippen molar-refractivity contribution in [3.8, 4) is 5.88 Å². The van der Waals surface area contributed by atoms with Crippen LogP contribution in [0.15, 0.2) is 24.3 Å². The third-order valence-electron chi connectivity index (χ3n) is 4.61. The molecule has 4 rings (SSSR count). The number of fused-ring (bicyclic) bond motifs is 1. The smallest absolute Gasteiger partial charge is 0.230 e. The lowest BCUT2D eigenvalue weighted by Crippen LogP contribution is -2.39. The van der Waals surface area contributed by atoms with Gasteiger partial charge in [-0.25, -0.2) is 4.98 Å². The number of hydrogen-bond acceptors (Lipinski definition) is 6. The van der Waals surface area contributed by atoms with E-state index >= 15 is 0 Å². The van der Waals surface area contributed by atoms with Crippen LogP contribution in [0.3, 0.4) is 0 Å². The van der Waals surface area contributed by atoms with E-state index in [1.54, 1.807) is 4.52 Å². The van der Waals surface area contributed by atoms with Gasteiger partial charge in [-0.15, -0.1) is 5.10 Å². The van der Waals surface area contributed by atoms with Crippen molar-refractivity contribution in [3.63, 3.8) is 0 Å². The molecule has 1 aliphatic heterocycles. The molecule has 1 fully saturated rings. The van der Waals surface area contributed by atoms with Crippen LogP contribution in [0.4, 0.5) is 0 Å². The molecule has 1 aliphatic rings. The van der Waals surface area contributed by atoms with Gasteiger partial charge in [0.2, 0.25) is 10.8 Å². The van der Waals surface area contributed by atoms with E-state index in [9.17, 15) is 5.11 Å². The Kier molecular flexibility index (Phi) is 4.45. The minimum absolute atomic E-state index is 0.0110. The highest BCUT2D eigenvalue weighted by molar-refractivity contribution is 7.17. The topological polar surface area (TPSA) is 62.9 Å². The maximum Gasteiger partial charge on any atom is 0.230 e. The van der Waals surface area contributed by atoms with Gasteiger partial charge in [-0.3, -0.25) is 4.90 Å². The lowest BCUT2D eigenvalue weighted by Gasteiger charge is -2.34.